The molecular weight excluding hydrogens is 368 g/mol. The highest BCUT2D eigenvalue weighted by molar-refractivity contribution is 5.80. The van der Waals surface area contributed by atoms with E-state index in [1.165, 1.54) is 5.56 Å². The van der Waals surface area contributed by atoms with Gasteiger partial charge in [-0.15, -0.1) is 0 Å². The molecule has 0 saturated heterocycles. The molecule has 0 amide bonds. The van der Waals surface area contributed by atoms with Crippen LogP contribution in [0.15, 0.2) is 77.6 Å². The molecule has 3 aromatic carbocycles. The molecule has 0 bridgehead atoms. The Labute approximate surface area is 177 Å². The first-order valence-corrected chi connectivity index (χ1v) is 10.2. The molecule has 1 heterocycles. The topological polar surface area (TPSA) is 34.9 Å². The van der Waals surface area contributed by atoms with E-state index in [0.29, 0.717) is 16.7 Å². The van der Waals surface area contributed by atoms with Gasteiger partial charge in [0.2, 0.25) is 0 Å². The summed E-state index contributed by atoms with van der Waals surface area (Å²) in [6.45, 7) is 8.65. The average molecular weight is 395 g/mol. The van der Waals surface area contributed by atoms with Gasteiger partial charge >= 0.3 is 0 Å². The Morgan fingerprint density at radius 1 is 0.833 bits per heavy atom. The standard InChI is InChI=1S/C27H26N2O/c1-19-9-16-22(17-10-19)29-25(28-24-8-6-5-7-23(24)26(29)30)18-13-20-11-14-21(15-12-20)27(2,3)4/h5-18H,1-4H3/b18-13+. The fraction of sp³-hybridized carbons (Fsp3) is 0.185. The molecule has 3 nitrogen and oxygen atoms in total. The molecular formula is C27H26N2O. The first-order chi connectivity index (χ1) is 14.3. The lowest BCUT2D eigenvalue weighted by molar-refractivity contribution is 0.590. The lowest BCUT2D eigenvalue weighted by Crippen LogP contribution is -2.22. The van der Waals surface area contributed by atoms with Crippen LogP contribution in [-0.2, 0) is 5.41 Å². The summed E-state index contributed by atoms with van der Waals surface area (Å²) in [6.07, 6.45) is 3.92. The van der Waals surface area contributed by atoms with E-state index in [-0.39, 0.29) is 11.0 Å². The first kappa shape index (κ1) is 19.8. The smallest absolute Gasteiger partial charge is 0.266 e. The molecule has 3 heteroatoms. The van der Waals surface area contributed by atoms with Crippen molar-refractivity contribution in [1.29, 1.82) is 0 Å². The van der Waals surface area contributed by atoms with Crippen LogP contribution in [0.5, 0.6) is 0 Å². The van der Waals surface area contributed by atoms with Gasteiger partial charge in [-0.2, -0.15) is 0 Å². The van der Waals surface area contributed by atoms with Crippen LogP contribution < -0.4 is 5.56 Å². The number of aromatic nitrogens is 2. The maximum absolute atomic E-state index is 13.3. The average Bonchev–Trinajstić information content (AvgIpc) is 2.73. The van der Waals surface area contributed by atoms with Gasteiger partial charge in [0.25, 0.3) is 5.56 Å². The zero-order valence-electron chi connectivity index (χ0n) is 17.9. The van der Waals surface area contributed by atoms with Crippen molar-refractivity contribution < 1.29 is 0 Å². The Kier molecular flexibility index (Phi) is 5.13. The molecule has 150 valence electrons. The second kappa shape index (κ2) is 7.75. The van der Waals surface area contributed by atoms with E-state index in [1.807, 2.05) is 67.6 Å². The predicted molar refractivity (Wildman–Crippen MR) is 126 cm³/mol. The van der Waals surface area contributed by atoms with Crippen LogP contribution in [-0.4, -0.2) is 9.55 Å². The summed E-state index contributed by atoms with van der Waals surface area (Å²) in [7, 11) is 0. The van der Waals surface area contributed by atoms with E-state index in [2.05, 4.69) is 45.0 Å². The number of para-hydroxylation sites is 1. The van der Waals surface area contributed by atoms with Crippen molar-refractivity contribution in [2.75, 3.05) is 0 Å². The summed E-state index contributed by atoms with van der Waals surface area (Å²) in [6, 6.07) is 23.9. The van der Waals surface area contributed by atoms with Crippen LogP contribution in [0, 0.1) is 6.92 Å². The highest BCUT2D eigenvalue weighted by atomic mass is 16.1. The molecule has 0 fully saturated rings. The third-order valence-corrected chi connectivity index (χ3v) is 5.30. The van der Waals surface area contributed by atoms with Crippen molar-refractivity contribution >= 4 is 23.1 Å². The Bertz CT molecular complexity index is 1270. The molecule has 0 N–H and O–H groups in total. The van der Waals surface area contributed by atoms with Gasteiger partial charge in [-0.1, -0.05) is 80.9 Å². The predicted octanol–water partition coefficient (Wildman–Crippen LogP) is 6.16. The molecule has 0 aliphatic carbocycles. The summed E-state index contributed by atoms with van der Waals surface area (Å²) in [5.41, 5.74) is 5.08. The number of hydrogen-bond acceptors (Lipinski definition) is 2. The van der Waals surface area contributed by atoms with E-state index < -0.39 is 0 Å². The zero-order chi connectivity index (χ0) is 21.3. The Balaban J connectivity index is 1.83. The van der Waals surface area contributed by atoms with Crippen LogP contribution in [0.2, 0.25) is 0 Å². The van der Waals surface area contributed by atoms with E-state index in [0.717, 1.165) is 16.8 Å². The van der Waals surface area contributed by atoms with E-state index >= 15 is 0 Å². The van der Waals surface area contributed by atoms with Gasteiger partial charge in [-0.3, -0.25) is 9.36 Å². The molecule has 0 unspecified atom stereocenters. The summed E-state index contributed by atoms with van der Waals surface area (Å²) in [5.74, 6) is 0.613. The summed E-state index contributed by atoms with van der Waals surface area (Å²) in [5, 5.41) is 0.616. The SMILES string of the molecule is Cc1ccc(-n2c(/C=C/c3ccc(C(C)(C)C)cc3)nc3ccccc3c2=O)cc1. The molecule has 0 radical (unpaired) electrons. The monoisotopic (exact) mass is 394 g/mol. The Morgan fingerprint density at radius 3 is 2.17 bits per heavy atom. The molecule has 0 aliphatic rings. The fourth-order valence-corrected chi connectivity index (χ4v) is 3.47. The lowest BCUT2D eigenvalue weighted by atomic mass is 9.87. The van der Waals surface area contributed by atoms with Crippen molar-refractivity contribution in [2.24, 2.45) is 0 Å². The molecule has 4 rings (SSSR count). The minimum absolute atomic E-state index is 0.0628. The maximum atomic E-state index is 13.3. The van der Waals surface area contributed by atoms with Crippen molar-refractivity contribution in [3.63, 3.8) is 0 Å². The Hall–Kier alpha value is -3.46. The van der Waals surface area contributed by atoms with Gasteiger partial charge in [-0.05, 0) is 53.8 Å². The van der Waals surface area contributed by atoms with Gasteiger partial charge in [0.1, 0.15) is 5.82 Å². The summed E-state index contributed by atoms with van der Waals surface area (Å²) >= 11 is 0. The second-order valence-corrected chi connectivity index (χ2v) is 8.67. The number of benzene rings is 3. The molecule has 4 aromatic rings. The highest BCUT2D eigenvalue weighted by Crippen LogP contribution is 2.23. The maximum Gasteiger partial charge on any atom is 0.266 e. The quantitative estimate of drug-likeness (QED) is 0.417. The van der Waals surface area contributed by atoms with Gasteiger partial charge < -0.3 is 0 Å². The van der Waals surface area contributed by atoms with E-state index in [4.69, 9.17) is 4.98 Å². The third kappa shape index (κ3) is 3.97. The molecule has 0 atom stereocenters. The summed E-state index contributed by atoms with van der Waals surface area (Å²) < 4.78 is 1.68. The van der Waals surface area contributed by atoms with Crippen molar-refractivity contribution in [3.8, 4) is 5.69 Å². The van der Waals surface area contributed by atoms with Crippen LogP contribution in [0.1, 0.15) is 43.3 Å². The zero-order valence-corrected chi connectivity index (χ0v) is 17.9. The number of hydrogen-bond donors (Lipinski definition) is 0. The van der Waals surface area contributed by atoms with Crippen molar-refractivity contribution in [2.45, 2.75) is 33.1 Å². The van der Waals surface area contributed by atoms with Crippen LogP contribution in [0.4, 0.5) is 0 Å². The largest absolute Gasteiger partial charge is 0.268 e. The highest BCUT2D eigenvalue weighted by Gasteiger charge is 2.13. The van der Waals surface area contributed by atoms with Gasteiger partial charge in [-0.25, -0.2) is 4.98 Å². The van der Waals surface area contributed by atoms with E-state index in [1.54, 1.807) is 4.57 Å². The van der Waals surface area contributed by atoms with Crippen LogP contribution >= 0.6 is 0 Å². The number of rotatable bonds is 3. The fourth-order valence-electron chi connectivity index (χ4n) is 3.47. The number of aryl methyl sites for hydroxylation is 1. The third-order valence-electron chi connectivity index (χ3n) is 5.30. The number of nitrogens with zero attached hydrogens (tertiary/aromatic N) is 2. The number of fused-ring (bicyclic) bond motifs is 1. The molecule has 0 spiro atoms. The van der Waals surface area contributed by atoms with Crippen LogP contribution in [0.3, 0.4) is 0 Å². The molecule has 0 saturated carbocycles. The van der Waals surface area contributed by atoms with Crippen molar-refractivity contribution in [3.05, 3.63) is 106 Å². The van der Waals surface area contributed by atoms with Crippen molar-refractivity contribution in [1.82, 2.24) is 9.55 Å². The molecule has 1 aromatic heterocycles. The minimum atomic E-state index is -0.0628. The second-order valence-electron chi connectivity index (χ2n) is 8.67. The molecule has 0 aliphatic heterocycles. The van der Waals surface area contributed by atoms with Crippen LogP contribution in [0.25, 0.3) is 28.7 Å². The summed E-state index contributed by atoms with van der Waals surface area (Å²) in [4.78, 5) is 18.1. The normalized spacial score (nSPS) is 12.0. The Morgan fingerprint density at radius 2 is 1.50 bits per heavy atom. The van der Waals surface area contributed by atoms with E-state index in [9.17, 15) is 4.79 Å². The van der Waals surface area contributed by atoms with Gasteiger partial charge in [0.05, 0.1) is 16.6 Å². The molecule has 30 heavy (non-hydrogen) atoms. The van der Waals surface area contributed by atoms with Gasteiger partial charge in [0, 0.05) is 0 Å². The lowest BCUT2D eigenvalue weighted by Gasteiger charge is -2.18. The minimum Gasteiger partial charge on any atom is -0.268 e. The van der Waals surface area contributed by atoms with Gasteiger partial charge in [0.15, 0.2) is 0 Å². The first-order valence-electron chi connectivity index (χ1n) is 10.2.